The first-order valence-electron chi connectivity index (χ1n) is 5.43. The standard InChI is InChI=1S/C11H17Cl2N3O2/c1-11(2,3)18-5-4-17-10-8(13)6-7(12)9(15-10)16-14/h6H,4-5,14H2,1-3H3,(H,15,16). The summed E-state index contributed by atoms with van der Waals surface area (Å²) in [5.74, 6) is 5.84. The predicted octanol–water partition coefficient (Wildman–Crippen LogP) is 2.87. The molecule has 102 valence electrons. The molecular formula is C11H17Cl2N3O2. The van der Waals surface area contributed by atoms with E-state index >= 15 is 0 Å². The van der Waals surface area contributed by atoms with Gasteiger partial charge < -0.3 is 14.9 Å². The Morgan fingerprint density at radius 1 is 1.28 bits per heavy atom. The van der Waals surface area contributed by atoms with E-state index in [9.17, 15) is 0 Å². The van der Waals surface area contributed by atoms with E-state index in [1.807, 2.05) is 20.8 Å². The van der Waals surface area contributed by atoms with Gasteiger partial charge in [0.1, 0.15) is 11.6 Å². The van der Waals surface area contributed by atoms with E-state index in [1.54, 1.807) is 0 Å². The van der Waals surface area contributed by atoms with E-state index in [4.69, 9.17) is 38.5 Å². The maximum absolute atomic E-state index is 5.95. The van der Waals surface area contributed by atoms with Crippen LogP contribution < -0.4 is 16.0 Å². The van der Waals surface area contributed by atoms with Crippen LogP contribution in [0.1, 0.15) is 20.8 Å². The van der Waals surface area contributed by atoms with Gasteiger partial charge in [-0.3, -0.25) is 0 Å². The summed E-state index contributed by atoms with van der Waals surface area (Å²) in [6.07, 6.45) is 0. The molecule has 18 heavy (non-hydrogen) atoms. The second-order valence-corrected chi connectivity index (χ2v) is 5.37. The highest BCUT2D eigenvalue weighted by Gasteiger charge is 2.12. The summed E-state index contributed by atoms with van der Waals surface area (Å²) in [4.78, 5) is 4.05. The number of nitrogen functional groups attached to an aromatic ring is 1. The summed E-state index contributed by atoms with van der Waals surface area (Å²) in [7, 11) is 0. The van der Waals surface area contributed by atoms with Gasteiger partial charge in [-0.2, -0.15) is 4.98 Å². The summed E-state index contributed by atoms with van der Waals surface area (Å²) in [5.41, 5.74) is 2.16. The highest BCUT2D eigenvalue weighted by Crippen LogP contribution is 2.30. The Morgan fingerprint density at radius 2 is 1.94 bits per heavy atom. The Kier molecular flexibility index (Phi) is 5.47. The second kappa shape index (κ2) is 6.43. The number of anilines is 1. The maximum Gasteiger partial charge on any atom is 0.234 e. The fourth-order valence-electron chi connectivity index (χ4n) is 1.14. The van der Waals surface area contributed by atoms with Crippen molar-refractivity contribution in [2.75, 3.05) is 18.6 Å². The van der Waals surface area contributed by atoms with E-state index < -0.39 is 0 Å². The molecule has 0 aliphatic rings. The summed E-state index contributed by atoms with van der Waals surface area (Å²) >= 11 is 11.8. The van der Waals surface area contributed by atoms with Gasteiger partial charge in [0, 0.05) is 0 Å². The molecule has 1 heterocycles. The monoisotopic (exact) mass is 293 g/mol. The Morgan fingerprint density at radius 3 is 2.50 bits per heavy atom. The Bertz CT molecular complexity index is 408. The van der Waals surface area contributed by atoms with Gasteiger partial charge >= 0.3 is 0 Å². The highest BCUT2D eigenvalue weighted by atomic mass is 35.5. The number of hydrazine groups is 1. The van der Waals surface area contributed by atoms with E-state index in [1.165, 1.54) is 6.07 Å². The first-order chi connectivity index (χ1) is 8.33. The van der Waals surface area contributed by atoms with Crippen LogP contribution >= 0.6 is 23.2 Å². The number of pyridine rings is 1. The second-order valence-electron chi connectivity index (χ2n) is 4.56. The van der Waals surface area contributed by atoms with Crippen LogP contribution in [0.3, 0.4) is 0 Å². The number of rotatable bonds is 5. The van der Waals surface area contributed by atoms with Crippen molar-refractivity contribution in [2.45, 2.75) is 26.4 Å². The minimum absolute atomic E-state index is 0.204. The number of nitrogens with two attached hydrogens (primary N) is 1. The van der Waals surface area contributed by atoms with E-state index in [0.717, 1.165) is 0 Å². The summed E-state index contributed by atoms with van der Waals surface area (Å²) in [5, 5.41) is 0.663. The fourth-order valence-corrected chi connectivity index (χ4v) is 1.61. The minimum Gasteiger partial charge on any atom is -0.474 e. The molecule has 1 rings (SSSR count). The first kappa shape index (κ1) is 15.3. The lowest BCUT2D eigenvalue weighted by molar-refractivity contribution is -0.0167. The van der Waals surface area contributed by atoms with Gasteiger partial charge in [-0.1, -0.05) is 23.2 Å². The molecule has 0 amide bonds. The molecule has 5 nitrogen and oxygen atoms in total. The number of nitrogens with one attached hydrogen (secondary N) is 1. The van der Waals surface area contributed by atoms with Crippen LogP contribution in [-0.4, -0.2) is 23.8 Å². The van der Waals surface area contributed by atoms with Gasteiger partial charge in [0.2, 0.25) is 5.88 Å². The zero-order chi connectivity index (χ0) is 13.8. The van der Waals surface area contributed by atoms with Crippen molar-refractivity contribution in [3.63, 3.8) is 0 Å². The topological polar surface area (TPSA) is 69.4 Å². The van der Waals surface area contributed by atoms with Gasteiger partial charge in [0.15, 0.2) is 5.82 Å². The molecule has 0 unspecified atom stereocenters. The number of aromatic nitrogens is 1. The van der Waals surface area contributed by atoms with Crippen LogP contribution in [0.4, 0.5) is 5.82 Å². The summed E-state index contributed by atoms with van der Waals surface area (Å²) in [6, 6.07) is 1.52. The van der Waals surface area contributed by atoms with Gasteiger partial charge in [-0.15, -0.1) is 0 Å². The smallest absolute Gasteiger partial charge is 0.234 e. The van der Waals surface area contributed by atoms with Crippen molar-refractivity contribution < 1.29 is 9.47 Å². The van der Waals surface area contributed by atoms with Gasteiger partial charge in [-0.25, -0.2) is 5.84 Å². The Balaban J connectivity index is 2.57. The van der Waals surface area contributed by atoms with E-state index in [0.29, 0.717) is 29.1 Å². The number of ether oxygens (including phenoxy) is 2. The molecule has 1 aromatic rings. The molecule has 0 spiro atoms. The van der Waals surface area contributed by atoms with Crippen LogP contribution in [0.5, 0.6) is 5.88 Å². The number of hydrogen-bond donors (Lipinski definition) is 2. The maximum atomic E-state index is 5.95. The SMILES string of the molecule is CC(C)(C)OCCOc1nc(NN)c(Cl)cc1Cl. The highest BCUT2D eigenvalue weighted by molar-refractivity contribution is 6.36. The largest absolute Gasteiger partial charge is 0.474 e. The average Bonchev–Trinajstić information content (AvgIpc) is 2.25. The molecule has 0 radical (unpaired) electrons. The van der Waals surface area contributed by atoms with Crippen molar-refractivity contribution in [1.29, 1.82) is 0 Å². The van der Waals surface area contributed by atoms with Crippen LogP contribution in [0.2, 0.25) is 10.0 Å². The molecule has 0 saturated carbocycles. The lowest BCUT2D eigenvalue weighted by atomic mass is 10.2. The zero-order valence-electron chi connectivity index (χ0n) is 10.6. The van der Waals surface area contributed by atoms with Gasteiger partial charge in [0.25, 0.3) is 0 Å². The molecule has 3 N–H and O–H groups in total. The molecule has 1 aromatic heterocycles. The lowest BCUT2D eigenvalue weighted by Gasteiger charge is -2.19. The van der Waals surface area contributed by atoms with E-state index in [-0.39, 0.29) is 11.5 Å². The Labute approximate surface area is 117 Å². The van der Waals surface area contributed by atoms with E-state index in [2.05, 4.69) is 10.4 Å². The number of hydrogen-bond acceptors (Lipinski definition) is 5. The normalized spacial score (nSPS) is 11.4. The quantitative estimate of drug-likeness (QED) is 0.496. The molecule has 7 heteroatoms. The zero-order valence-corrected chi connectivity index (χ0v) is 12.1. The van der Waals surface area contributed by atoms with Crippen molar-refractivity contribution in [3.05, 3.63) is 16.1 Å². The summed E-state index contributed by atoms with van der Waals surface area (Å²) in [6.45, 7) is 6.69. The molecule has 0 aliphatic heterocycles. The third-order valence-corrected chi connectivity index (χ3v) is 2.45. The third-order valence-electron chi connectivity index (χ3n) is 1.89. The molecule has 0 aromatic carbocycles. The molecule has 0 atom stereocenters. The van der Waals surface area contributed by atoms with Crippen molar-refractivity contribution in [3.8, 4) is 5.88 Å². The first-order valence-corrected chi connectivity index (χ1v) is 6.18. The number of halogens is 2. The van der Waals surface area contributed by atoms with Crippen molar-refractivity contribution >= 4 is 29.0 Å². The van der Waals surface area contributed by atoms with Crippen LogP contribution in [0.15, 0.2) is 6.07 Å². The average molecular weight is 294 g/mol. The lowest BCUT2D eigenvalue weighted by Crippen LogP contribution is -2.22. The molecule has 0 aliphatic carbocycles. The predicted molar refractivity (Wildman–Crippen MR) is 73.3 cm³/mol. The van der Waals surface area contributed by atoms with Crippen LogP contribution in [0.25, 0.3) is 0 Å². The van der Waals surface area contributed by atoms with Gasteiger partial charge in [0.05, 0.1) is 17.2 Å². The minimum atomic E-state index is -0.204. The molecular weight excluding hydrogens is 277 g/mol. The third kappa shape index (κ3) is 4.86. The number of nitrogens with zero attached hydrogens (tertiary/aromatic N) is 1. The Hall–Kier alpha value is -0.750. The molecule has 0 bridgehead atoms. The van der Waals surface area contributed by atoms with Crippen molar-refractivity contribution in [2.24, 2.45) is 5.84 Å². The van der Waals surface area contributed by atoms with Crippen LogP contribution in [0, 0.1) is 0 Å². The van der Waals surface area contributed by atoms with Crippen molar-refractivity contribution in [1.82, 2.24) is 4.98 Å². The van der Waals surface area contributed by atoms with Crippen LogP contribution in [-0.2, 0) is 4.74 Å². The molecule has 0 fully saturated rings. The molecule has 0 saturated heterocycles. The summed E-state index contributed by atoms with van der Waals surface area (Å²) < 4.78 is 10.9. The van der Waals surface area contributed by atoms with Gasteiger partial charge in [-0.05, 0) is 26.8 Å². The fraction of sp³-hybridized carbons (Fsp3) is 0.545.